The van der Waals surface area contributed by atoms with E-state index in [1.165, 1.54) is 4.88 Å². The molecular weight excluding hydrogens is 256 g/mol. The summed E-state index contributed by atoms with van der Waals surface area (Å²) in [6, 6.07) is 6.08. The molecule has 0 bridgehead atoms. The highest BCUT2D eigenvalue weighted by atomic mass is 32.1. The standard InChI is InChI=1S/C15H20N2OS/c1-9-7-12(5-6-14(9)18-4)13(16)8-15-17-10(2)11(3)19-15/h5-7,13H,8,16H2,1-4H3. The number of rotatable bonds is 4. The number of ether oxygens (including phenoxy) is 1. The molecule has 0 saturated carbocycles. The van der Waals surface area contributed by atoms with Crippen LogP contribution in [0.25, 0.3) is 0 Å². The quantitative estimate of drug-likeness (QED) is 0.932. The molecule has 1 aromatic carbocycles. The van der Waals surface area contributed by atoms with Crippen molar-refractivity contribution < 1.29 is 4.74 Å². The smallest absolute Gasteiger partial charge is 0.121 e. The number of hydrogen-bond acceptors (Lipinski definition) is 4. The third kappa shape index (κ3) is 3.14. The molecule has 0 amide bonds. The Balaban J connectivity index is 2.15. The Morgan fingerprint density at radius 2 is 2.05 bits per heavy atom. The van der Waals surface area contributed by atoms with Crippen LogP contribution in [0.1, 0.15) is 32.7 Å². The number of benzene rings is 1. The largest absolute Gasteiger partial charge is 0.496 e. The van der Waals surface area contributed by atoms with Gasteiger partial charge in [0, 0.05) is 17.3 Å². The Hall–Kier alpha value is -1.39. The van der Waals surface area contributed by atoms with Crippen LogP contribution in [-0.2, 0) is 6.42 Å². The van der Waals surface area contributed by atoms with Crippen LogP contribution in [0.3, 0.4) is 0 Å². The van der Waals surface area contributed by atoms with E-state index in [2.05, 4.69) is 18.0 Å². The highest BCUT2D eigenvalue weighted by Gasteiger charge is 2.12. The maximum atomic E-state index is 6.27. The molecule has 1 unspecified atom stereocenters. The van der Waals surface area contributed by atoms with Gasteiger partial charge in [0.15, 0.2) is 0 Å². The van der Waals surface area contributed by atoms with E-state index in [-0.39, 0.29) is 6.04 Å². The maximum Gasteiger partial charge on any atom is 0.121 e. The minimum absolute atomic E-state index is 0.0189. The van der Waals surface area contributed by atoms with Gasteiger partial charge in [-0.3, -0.25) is 0 Å². The molecule has 2 N–H and O–H groups in total. The molecule has 1 aromatic heterocycles. The number of thiazole rings is 1. The molecule has 19 heavy (non-hydrogen) atoms. The molecule has 0 fully saturated rings. The summed E-state index contributed by atoms with van der Waals surface area (Å²) >= 11 is 1.73. The van der Waals surface area contributed by atoms with Gasteiger partial charge in [-0.2, -0.15) is 0 Å². The van der Waals surface area contributed by atoms with E-state index in [0.717, 1.165) is 34.0 Å². The van der Waals surface area contributed by atoms with Crippen molar-refractivity contribution in [1.82, 2.24) is 4.98 Å². The summed E-state index contributed by atoms with van der Waals surface area (Å²) in [7, 11) is 1.68. The van der Waals surface area contributed by atoms with E-state index in [1.54, 1.807) is 18.4 Å². The van der Waals surface area contributed by atoms with Gasteiger partial charge in [-0.05, 0) is 38.0 Å². The van der Waals surface area contributed by atoms with E-state index >= 15 is 0 Å². The molecule has 2 aromatic rings. The minimum atomic E-state index is -0.0189. The Labute approximate surface area is 118 Å². The lowest BCUT2D eigenvalue weighted by Crippen LogP contribution is -2.13. The van der Waals surface area contributed by atoms with Crippen LogP contribution in [0.15, 0.2) is 18.2 Å². The predicted octanol–water partition coefficient (Wildman–Crippen LogP) is 3.32. The number of aromatic nitrogens is 1. The Morgan fingerprint density at radius 1 is 1.32 bits per heavy atom. The number of nitrogens with two attached hydrogens (primary N) is 1. The van der Waals surface area contributed by atoms with Crippen molar-refractivity contribution in [3.8, 4) is 5.75 Å². The maximum absolute atomic E-state index is 6.27. The minimum Gasteiger partial charge on any atom is -0.496 e. The van der Waals surface area contributed by atoms with Crippen LogP contribution in [0.5, 0.6) is 5.75 Å². The molecule has 102 valence electrons. The van der Waals surface area contributed by atoms with E-state index in [1.807, 2.05) is 26.0 Å². The summed E-state index contributed by atoms with van der Waals surface area (Å²) in [6.45, 7) is 6.17. The molecule has 4 heteroatoms. The van der Waals surface area contributed by atoms with Crippen molar-refractivity contribution in [2.24, 2.45) is 5.73 Å². The lowest BCUT2D eigenvalue weighted by Gasteiger charge is -2.13. The van der Waals surface area contributed by atoms with Crippen LogP contribution in [0, 0.1) is 20.8 Å². The second-order valence-corrected chi connectivity index (χ2v) is 6.08. The fourth-order valence-electron chi connectivity index (χ4n) is 2.06. The first kappa shape index (κ1) is 14.0. The van der Waals surface area contributed by atoms with E-state index in [4.69, 9.17) is 10.5 Å². The van der Waals surface area contributed by atoms with Crippen molar-refractivity contribution in [1.29, 1.82) is 0 Å². The molecule has 0 radical (unpaired) electrons. The highest BCUT2D eigenvalue weighted by Crippen LogP contribution is 2.25. The van der Waals surface area contributed by atoms with Gasteiger partial charge < -0.3 is 10.5 Å². The second-order valence-electron chi connectivity index (χ2n) is 4.79. The fourth-order valence-corrected chi connectivity index (χ4v) is 3.06. The molecule has 1 heterocycles. The SMILES string of the molecule is COc1ccc(C(N)Cc2nc(C)c(C)s2)cc1C. The van der Waals surface area contributed by atoms with Crippen LogP contribution < -0.4 is 10.5 Å². The van der Waals surface area contributed by atoms with E-state index < -0.39 is 0 Å². The van der Waals surface area contributed by atoms with E-state index in [9.17, 15) is 0 Å². The lowest BCUT2D eigenvalue weighted by molar-refractivity contribution is 0.411. The molecule has 3 nitrogen and oxygen atoms in total. The van der Waals surface area contributed by atoms with Gasteiger partial charge in [-0.15, -0.1) is 11.3 Å². The van der Waals surface area contributed by atoms with Gasteiger partial charge in [-0.1, -0.05) is 12.1 Å². The zero-order chi connectivity index (χ0) is 14.0. The first-order valence-corrected chi connectivity index (χ1v) is 7.16. The molecule has 0 aliphatic carbocycles. The first-order valence-electron chi connectivity index (χ1n) is 6.34. The molecule has 0 aliphatic heterocycles. The van der Waals surface area contributed by atoms with Crippen molar-refractivity contribution in [2.45, 2.75) is 33.2 Å². The highest BCUT2D eigenvalue weighted by molar-refractivity contribution is 7.11. The summed E-state index contributed by atoms with van der Waals surface area (Å²) < 4.78 is 5.27. The second kappa shape index (κ2) is 5.72. The van der Waals surface area contributed by atoms with Crippen LogP contribution in [0.4, 0.5) is 0 Å². The van der Waals surface area contributed by atoms with Crippen LogP contribution in [-0.4, -0.2) is 12.1 Å². The van der Waals surface area contributed by atoms with Crippen molar-refractivity contribution in [3.05, 3.63) is 44.9 Å². The van der Waals surface area contributed by atoms with E-state index in [0.29, 0.717) is 0 Å². The summed E-state index contributed by atoms with van der Waals surface area (Å²) in [6.07, 6.45) is 0.783. The average Bonchev–Trinajstić information content (AvgIpc) is 2.68. The molecule has 0 spiro atoms. The summed E-state index contributed by atoms with van der Waals surface area (Å²) in [5, 5.41) is 1.11. The van der Waals surface area contributed by atoms with Crippen molar-refractivity contribution in [3.63, 3.8) is 0 Å². The van der Waals surface area contributed by atoms with Gasteiger partial charge in [0.25, 0.3) is 0 Å². The van der Waals surface area contributed by atoms with Gasteiger partial charge in [-0.25, -0.2) is 4.98 Å². The third-order valence-corrected chi connectivity index (χ3v) is 4.41. The van der Waals surface area contributed by atoms with Gasteiger partial charge in [0.1, 0.15) is 5.75 Å². The van der Waals surface area contributed by atoms with Crippen molar-refractivity contribution >= 4 is 11.3 Å². The number of nitrogens with zero attached hydrogens (tertiary/aromatic N) is 1. The number of aryl methyl sites for hydroxylation is 3. The van der Waals surface area contributed by atoms with Gasteiger partial charge in [0.2, 0.25) is 0 Å². The average molecular weight is 276 g/mol. The molecular formula is C15H20N2OS. The lowest BCUT2D eigenvalue weighted by atomic mass is 10.0. The zero-order valence-corrected chi connectivity index (χ0v) is 12.7. The molecule has 2 rings (SSSR count). The van der Waals surface area contributed by atoms with Gasteiger partial charge >= 0.3 is 0 Å². The number of methoxy groups -OCH3 is 1. The first-order chi connectivity index (χ1) is 9.01. The Bertz CT molecular complexity index is 558. The fraction of sp³-hybridized carbons (Fsp3) is 0.400. The normalized spacial score (nSPS) is 12.5. The van der Waals surface area contributed by atoms with Crippen LogP contribution in [0.2, 0.25) is 0 Å². The van der Waals surface area contributed by atoms with Crippen LogP contribution >= 0.6 is 11.3 Å². The molecule has 0 saturated heterocycles. The Kier molecular flexibility index (Phi) is 4.22. The predicted molar refractivity (Wildman–Crippen MR) is 80.0 cm³/mol. The number of hydrogen-bond donors (Lipinski definition) is 1. The topological polar surface area (TPSA) is 48.1 Å². The monoisotopic (exact) mass is 276 g/mol. The summed E-state index contributed by atoms with van der Waals surface area (Å²) in [5.74, 6) is 0.900. The molecule has 1 atom stereocenters. The Morgan fingerprint density at radius 3 is 2.58 bits per heavy atom. The third-order valence-electron chi connectivity index (χ3n) is 3.31. The molecule has 0 aliphatic rings. The van der Waals surface area contributed by atoms with Gasteiger partial charge in [0.05, 0.1) is 17.8 Å². The van der Waals surface area contributed by atoms with Crippen molar-refractivity contribution in [2.75, 3.05) is 7.11 Å². The summed E-state index contributed by atoms with van der Waals surface area (Å²) in [4.78, 5) is 5.82. The zero-order valence-electron chi connectivity index (χ0n) is 11.9. The summed E-state index contributed by atoms with van der Waals surface area (Å²) in [5.41, 5.74) is 9.62.